The predicted octanol–water partition coefficient (Wildman–Crippen LogP) is 1.58. The molecule has 1 amide bonds. The maximum Gasteiger partial charge on any atom is 0.308 e. The molecule has 1 aliphatic heterocycles. The van der Waals surface area contributed by atoms with Gasteiger partial charge in [0.25, 0.3) is 0 Å². The maximum absolute atomic E-state index is 11.9. The minimum Gasteiger partial charge on any atom is -0.481 e. The van der Waals surface area contributed by atoms with Gasteiger partial charge in [0, 0.05) is 19.1 Å². The summed E-state index contributed by atoms with van der Waals surface area (Å²) in [7, 11) is 0. The van der Waals surface area contributed by atoms with Crippen molar-refractivity contribution in [3.8, 4) is 0 Å². The Hall–Kier alpha value is -1.10. The van der Waals surface area contributed by atoms with Crippen molar-refractivity contribution in [1.29, 1.82) is 0 Å². The van der Waals surface area contributed by atoms with Gasteiger partial charge in [-0.15, -0.1) is 0 Å². The predicted molar refractivity (Wildman–Crippen MR) is 78.4 cm³/mol. The third-order valence-electron chi connectivity index (χ3n) is 3.96. The Kier molecular flexibility index (Phi) is 6.46. The molecule has 1 aliphatic rings. The fourth-order valence-electron chi connectivity index (χ4n) is 2.70. The number of nitrogens with one attached hydrogen (secondary N) is 1. The van der Waals surface area contributed by atoms with Crippen LogP contribution in [0.3, 0.4) is 0 Å². The van der Waals surface area contributed by atoms with Gasteiger partial charge in [0.05, 0.1) is 12.5 Å². The van der Waals surface area contributed by atoms with Crippen molar-refractivity contribution in [2.45, 2.75) is 46.6 Å². The number of aliphatic carboxylic acids is 1. The van der Waals surface area contributed by atoms with E-state index in [9.17, 15) is 9.59 Å². The molecule has 1 saturated heterocycles. The molecule has 1 rings (SSSR count). The quantitative estimate of drug-likeness (QED) is 0.744. The van der Waals surface area contributed by atoms with Crippen LogP contribution in [0.5, 0.6) is 0 Å². The largest absolute Gasteiger partial charge is 0.481 e. The Morgan fingerprint density at radius 1 is 1.25 bits per heavy atom. The minimum atomic E-state index is -0.759. The summed E-state index contributed by atoms with van der Waals surface area (Å²) in [5, 5.41) is 12.1. The summed E-state index contributed by atoms with van der Waals surface area (Å²) >= 11 is 0. The number of carboxylic acid groups (broad SMARTS) is 1. The number of carbonyl (C=O) groups excluding carboxylic acids is 1. The summed E-state index contributed by atoms with van der Waals surface area (Å²) in [6.45, 7) is 9.77. The number of hydrogen-bond acceptors (Lipinski definition) is 3. The van der Waals surface area contributed by atoms with Crippen LogP contribution in [0, 0.1) is 17.8 Å². The zero-order chi connectivity index (χ0) is 15.3. The van der Waals surface area contributed by atoms with Gasteiger partial charge < -0.3 is 10.4 Å². The number of hydrogen-bond donors (Lipinski definition) is 2. The van der Waals surface area contributed by atoms with Crippen LogP contribution in [-0.4, -0.2) is 47.6 Å². The lowest BCUT2D eigenvalue weighted by atomic mass is 9.99. The van der Waals surface area contributed by atoms with Crippen molar-refractivity contribution >= 4 is 11.9 Å². The molecule has 0 radical (unpaired) electrons. The van der Waals surface area contributed by atoms with E-state index in [4.69, 9.17) is 5.11 Å². The summed E-state index contributed by atoms with van der Waals surface area (Å²) in [6.07, 6.45) is 2.08. The van der Waals surface area contributed by atoms with Gasteiger partial charge in [-0.1, -0.05) is 20.8 Å². The first-order chi connectivity index (χ1) is 9.29. The molecule has 20 heavy (non-hydrogen) atoms. The number of carbonyl (C=O) groups is 2. The summed E-state index contributed by atoms with van der Waals surface area (Å²) in [4.78, 5) is 24.9. The summed E-state index contributed by atoms with van der Waals surface area (Å²) < 4.78 is 0. The van der Waals surface area contributed by atoms with E-state index < -0.39 is 5.97 Å². The zero-order valence-electron chi connectivity index (χ0n) is 13.1. The Morgan fingerprint density at radius 3 is 2.40 bits per heavy atom. The number of amides is 1. The fourth-order valence-corrected chi connectivity index (χ4v) is 2.70. The van der Waals surface area contributed by atoms with Crippen molar-refractivity contribution < 1.29 is 14.7 Å². The van der Waals surface area contributed by atoms with Crippen molar-refractivity contribution in [1.82, 2.24) is 10.2 Å². The van der Waals surface area contributed by atoms with Crippen molar-refractivity contribution in [2.75, 3.05) is 19.6 Å². The molecule has 5 nitrogen and oxygen atoms in total. The van der Waals surface area contributed by atoms with Crippen LogP contribution in [0.15, 0.2) is 0 Å². The van der Waals surface area contributed by atoms with Gasteiger partial charge in [-0.05, 0) is 31.6 Å². The lowest BCUT2D eigenvalue weighted by Gasteiger charge is -2.19. The second kappa shape index (κ2) is 7.62. The van der Waals surface area contributed by atoms with Gasteiger partial charge in [-0.2, -0.15) is 0 Å². The van der Waals surface area contributed by atoms with E-state index in [1.807, 2.05) is 18.7 Å². The number of nitrogens with zero attached hydrogens (tertiary/aromatic N) is 1. The topological polar surface area (TPSA) is 69.6 Å². The SMILES string of the molecule is CC(C)CCC(C)NC(=O)CN1CC(C)C(C(=O)O)C1. The molecule has 116 valence electrons. The van der Waals surface area contributed by atoms with Gasteiger partial charge in [0.2, 0.25) is 5.91 Å². The van der Waals surface area contributed by atoms with Gasteiger partial charge in [0.1, 0.15) is 0 Å². The zero-order valence-corrected chi connectivity index (χ0v) is 13.1. The van der Waals surface area contributed by atoms with Crippen LogP contribution < -0.4 is 5.32 Å². The van der Waals surface area contributed by atoms with E-state index in [0.717, 1.165) is 12.8 Å². The Bertz CT molecular complexity index is 344. The van der Waals surface area contributed by atoms with Crippen molar-refractivity contribution in [3.63, 3.8) is 0 Å². The first-order valence-electron chi connectivity index (χ1n) is 7.54. The monoisotopic (exact) mass is 284 g/mol. The van der Waals surface area contributed by atoms with E-state index in [2.05, 4.69) is 19.2 Å². The minimum absolute atomic E-state index is 0.000468. The average molecular weight is 284 g/mol. The van der Waals surface area contributed by atoms with Crippen molar-refractivity contribution in [2.24, 2.45) is 17.8 Å². The first-order valence-corrected chi connectivity index (χ1v) is 7.54. The molecule has 0 aromatic heterocycles. The van der Waals surface area contributed by atoms with E-state index in [0.29, 0.717) is 25.6 Å². The molecule has 1 heterocycles. The van der Waals surface area contributed by atoms with Gasteiger partial charge >= 0.3 is 5.97 Å². The molecule has 1 fully saturated rings. The molecule has 3 unspecified atom stereocenters. The lowest BCUT2D eigenvalue weighted by molar-refractivity contribution is -0.142. The standard InChI is InChI=1S/C15H28N2O3/c1-10(2)5-6-12(4)16-14(18)9-17-7-11(3)13(8-17)15(19)20/h10-13H,5-9H2,1-4H3,(H,16,18)(H,19,20). The summed E-state index contributed by atoms with van der Waals surface area (Å²) in [5.41, 5.74) is 0. The molecule has 0 aromatic carbocycles. The van der Waals surface area contributed by atoms with Crippen LogP contribution in [0.25, 0.3) is 0 Å². The van der Waals surface area contributed by atoms with E-state index in [-0.39, 0.29) is 23.8 Å². The molecule has 0 bridgehead atoms. The van der Waals surface area contributed by atoms with Crippen LogP contribution in [0.1, 0.15) is 40.5 Å². The number of carboxylic acids is 1. The molecule has 0 aromatic rings. The second-order valence-electron chi connectivity index (χ2n) is 6.56. The highest BCUT2D eigenvalue weighted by Crippen LogP contribution is 2.22. The first kappa shape index (κ1) is 17.0. The molecular formula is C15H28N2O3. The molecule has 5 heteroatoms. The van der Waals surface area contributed by atoms with Crippen LogP contribution >= 0.6 is 0 Å². The highest BCUT2D eigenvalue weighted by molar-refractivity contribution is 5.78. The summed E-state index contributed by atoms with van der Waals surface area (Å²) in [6, 6.07) is 0.181. The smallest absolute Gasteiger partial charge is 0.308 e. The normalized spacial score (nSPS) is 24.9. The van der Waals surface area contributed by atoms with Crippen LogP contribution in [0.2, 0.25) is 0 Å². The molecule has 0 saturated carbocycles. The van der Waals surface area contributed by atoms with Crippen LogP contribution in [-0.2, 0) is 9.59 Å². The van der Waals surface area contributed by atoms with Gasteiger partial charge in [-0.25, -0.2) is 0 Å². The van der Waals surface area contributed by atoms with Gasteiger partial charge in [-0.3, -0.25) is 14.5 Å². The molecule has 3 atom stereocenters. The molecular weight excluding hydrogens is 256 g/mol. The number of rotatable bonds is 7. The molecule has 0 aliphatic carbocycles. The fraction of sp³-hybridized carbons (Fsp3) is 0.867. The number of likely N-dealkylation sites (tertiary alicyclic amines) is 1. The lowest BCUT2D eigenvalue weighted by Crippen LogP contribution is -2.40. The van der Waals surface area contributed by atoms with E-state index >= 15 is 0 Å². The summed E-state index contributed by atoms with van der Waals surface area (Å²) in [5.74, 6) is -0.352. The Morgan fingerprint density at radius 2 is 1.90 bits per heavy atom. The molecule has 0 spiro atoms. The highest BCUT2D eigenvalue weighted by atomic mass is 16.4. The molecule has 2 N–H and O–H groups in total. The van der Waals surface area contributed by atoms with Crippen molar-refractivity contribution in [3.05, 3.63) is 0 Å². The van der Waals surface area contributed by atoms with Crippen LogP contribution in [0.4, 0.5) is 0 Å². The van der Waals surface area contributed by atoms with E-state index in [1.165, 1.54) is 0 Å². The van der Waals surface area contributed by atoms with Gasteiger partial charge in [0.15, 0.2) is 0 Å². The average Bonchev–Trinajstić information content (AvgIpc) is 2.67. The maximum atomic E-state index is 11.9. The Balaban J connectivity index is 2.31. The third kappa shape index (κ3) is 5.49. The Labute approximate surface area is 121 Å². The van der Waals surface area contributed by atoms with E-state index in [1.54, 1.807) is 0 Å². The third-order valence-corrected chi connectivity index (χ3v) is 3.96. The highest BCUT2D eigenvalue weighted by Gasteiger charge is 2.35. The second-order valence-corrected chi connectivity index (χ2v) is 6.56.